The second kappa shape index (κ2) is 5.36. The highest BCUT2D eigenvalue weighted by Crippen LogP contribution is 2.27. The quantitative estimate of drug-likeness (QED) is 0.600. The lowest BCUT2D eigenvalue weighted by atomic mass is 10.1. The van der Waals surface area contributed by atoms with Crippen LogP contribution in [-0.4, -0.2) is 26.2 Å². The molecule has 1 aliphatic rings. The van der Waals surface area contributed by atoms with Crippen molar-refractivity contribution in [1.82, 2.24) is 0 Å². The topological polar surface area (TPSA) is 118 Å². The molecule has 1 aromatic rings. The number of rotatable bonds is 4. The molecule has 0 aliphatic heterocycles. The Morgan fingerprint density at radius 2 is 2.11 bits per heavy atom. The molecule has 1 aliphatic carbocycles. The molecule has 0 heterocycles. The van der Waals surface area contributed by atoms with E-state index in [1.807, 2.05) is 0 Å². The predicted molar refractivity (Wildman–Crippen MR) is 74.1 cm³/mol. The zero-order valence-corrected chi connectivity index (χ0v) is 11.4. The van der Waals surface area contributed by atoms with E-state index in [9.17, 15) is 13.5 Å². The van der Waals surface area contributed by atoms with Gasteiger partial charge in [0.05, 0.1) is 11.8 Å². The first-order chi connectivity index (χ1) is 8.88. The van der Waals surface area contributed by atoms with Crippen molar-refractivity contribution in [1.29, 1.82) is 0 Å². The van der Waals surface area contributed by atoms with Crippen LogP contribution in [0.1, 0.15) is 19.3 Å². The largest absolute Gasteiger partial charge is 0.398 e. The van der Waals surface area contributed by atoms with Crippen molar-refractivity contribution < 1.29 is 13.5 Å². The zero-order valence-electron chi connectivity index (χ0n) is 10.5. The Morgan fingerprint density at radius 3 is 2.63 bits per heavy atom. The Morgan fingerprint density at radius 1 is 1.37 bits per heavy atom. The molecule has 2 atom stereocenters. The number of aliphatic hydroxyl groups excluding tert-OH is 1. The van der Waals surface area contributed by atoms with Gasteiger partial charge in [-0.1, -0.05) is 6.42 Å². The van der Waals surface area contributed by atoms with E-state index in [1.165, 1.54) is 6.07 Å². The first kappa shape index (κ1) is 14.1. The molecule has 2 unspecified atom stereocenters. The van der Waals surface area contributed by atoms with E-state index >= 15 is 0 Å². The van der Waals surface area contributed by atoms with E-state index in [-0.39, 0.29) is 22.6 Å². The highest BCUT2D eigenvalue weighted by molar-refractivity contribution is 7.89. The Kier molecular flexibility index (Phi) is 3.98. The molecule has 0 spiro atoms. The van der Waals surface area contributed by atoms with Crippen molar-refractivity contribution in [3.8, 4) is 0 Å². The Bertz CT molecular complexity index is 559. The standard InChI is InChI=1S/C12H19N3O3S/c13-10-6-9(4-5-12(10)19(14,17)18)15-7-8-2-1-3-11(8)16/h4-6,8,11,15-16H,1-3,7,13H2,(H2,14,17,18). The fraction of sp³-hybridized carbons (Fsp3) is 0.500. The predicted octanol–water partition coefficient (Wildman–Crippen LogP) is 0.489. The third kappa shape index (κ3) is 3.37. The molecule has 0 amide bonds. The summed E-state index contributed by atoms with van der Waals surface area (Å²) in [7, 11) is -3.78. The summed E-state index contributed by atoms with van der Waals surface area (Å²) < 4.78 is 22.4. The van der Waals surface area contributed by atoms with E-state index in [0.717, 1.165) is 24.9 Å². The summed E-state index contributed by atoms with van der Waals surface area (Å²) in [6.45, 7) is 0.648. The lowest BCUT2D eigenvalue weighted by molar-refractivity contribution is 0.138. The second-order valence-electron chi connectivity index (χ2n) is 4.94. The molecular formula is C12H19N3O3S. The van der Waals surface area contributed by atoms with Crippen molar-refractivity contribution in [3.05, 3.63) is 18.2 Å². The van der Waals surface area contributed by atoms with E-state index in [4.69, 9.17) is 10.9 Å². The van der Waals surface area contributed by atoms with Gasteiger partial charge in [-0.2, -0.15) is 0 Å². The van der Waals surface area contributed by atoms with E-state index in [1.54, 1.807) is 12.1 Å². The summed E-state index contributed by atoms with van der Waals surface area (Å²) in [5.74, 6) is 0.235. The maximum atomic E-state index is 11.2. The fourth-order valence-corrected chi connectivity index (χ4v) is 3.07. The number of hydrogen-bond acceptors (Lipinski definition) is 5. The Hall–Kier alpha value is -1.31. The third-order valence-corrected chi connectivity index (χ3v) is 4.49. The molecule has 0 aromatic heterocycles. The SMILES string of the molecule is Nc1cc(NCC2CCCC2O)ccc1S(N)(=O)=O. The number of nitrogens with two attached hydrogens (primary N) is 2. The van der Waals surface area contributed by atoms with Crippen molar-refractivity contribution >= 4 is 21.4 Å². The molecule has 7 heteroatoms. The summed E-state index contributed by atoms with van der Waals surface area (Å²) >= 11 is 0. The number of nitrogen functional groups attached to an aromatic ring is 1. The summed E-state index contributed by atoms with van der Waals surface area (Å²) in [4.78, 5) is -0.0704. The molecule has 1 fully saturated rings. The van der Waals surface area contributed by atoms with Crippen LogP contribution in [0.4, 0.5) is 11.4 Å². The van der Waals surface area contributed by atoms with Crippen LogP contribution < -0.4 is 16.2 Å². The van der Waals surface area contributed by atoms with Gasteiger partial charge in [-0.3, -0.25) is 0 Å². The summed E-state index contributed by atoms with van der Waals surface area (Å²) in [5, 5.41) is 17.9. The molecule has 106 valence electrons. The van der Waals surface area contributed by atoms with Crippen LogP contribution in [0.3, 0.4) is 0 Å². The maximum absolute atomic E-state index is 11.2. The number of anilines is 2. The minimum absolute atomic E-state index is 0.0704. The first-order valence-corrected chi connectivity index (χ1v) is 7.77. The number of primary sulfonamides is 1. The van der Waals surface area contributed by atoms with Gasteiger partial charge in [-0.15, -0.1) is 0 Å². The minimum atomic E-state index is -3.78. The van der Waals surface area contributed by atoms with E-state index in [2.05, 4.69) is 5.32 Å². The average Bonchev–Trinajstić information content (AvgIpc) is 2.70. The second-order valence-corrected chi connectivity index (χ2v) is 6.47. The molecule has 2 rings (SSSR count). The van der Waals surface area contributed by atoms with E-state index in [0.29, 0.717) is 6.54 Å². The van der Waals surface area contributed by atoms with Gasteiger partial charge in [0, 0.05) is 18.2 Å². The van der Waals surface area contributed by atoms with Crippen molar-refractivity contribution in [2.24, 2.45) is 11.1 Å². The minimum Gasteiger partial charge on any atom is -0.398 e. The van der Waals surface area contributed by atoms with Crippen LogP contribution in [-0.2, 0) is 10.0 Å². The molecule has 19 heavy (non-hydrogen) atoms. The van der Waals surface area contributed by atoms with Gasteiger partial charge in [0.2, 0.25) is 10.0 Å². The highest BCUT2D eigenvalue weighted by atomic mass is 32.2. The molecule has 1 saturated carbocycles. The molecule has 0 bridgehead atoms. The molecule has 6 nitrogen and oxygen atoms in total. The highest BCUT2D eigenvalue weighted by Gasteiger charge is 2.24. The number of sulfonamides is 1. The zero-order chi connectivity index (χ0) is 14.0. The van der Waals surface area contributed by atoms with Crippen LogP contribution in [0.15, 0.2) is 23.1 Å². The molecular weight excluding hydrogens is 266 g/mol. The fourth-order valence-electron chi connectivity index (χ4n) is 2.42. The van der Waals surface area contributed by atoms with Gasteiger partial charge < -0.3 is 16.2 Å². The summed E-state index contributed by atoms with van der Waals surface area (Å²) in [6.07, 6.45) is 2.63. The van der Waals surface area contributed by atoms with Gasteiger partial charge in [-0.25, -0.2) is 13.6 Å². The molecule has 0 saturated heterocycles. The summed E-state index contributed by atoms with van der Waals surface area (Å²) in [5.41, 5.74) is 6.52. The van der Waals surface area contributed by atoms with Gasteiger partial charge >= 0.3 is 0 Å². The van der Waals surface area contributed by atoms with Gasteiger partial charge in [-0.05, 0) is 31.0 Å². The van der Waals surface area contributed by atoms with Gasteiger partial charge in [0.25, 0.3) is 0 Å². The monoisotopic (exact) mass is 285 g/mol. The number of hydrogen-bond donors (Lipinski definition) is 4. The molecule has 0 radical (unpaired) electrons. The van der Waals surface area contributed by atoms with E-state index < -0.39 is 10.0 Å². The third-order valence-electron chi connectivity index (χ3n) is 3.50. The van der Waals surface area contributed by atoms with Crippen molar-refractivity contribution in [2.75, 3.05) is 17.6 Å². The average molecular weight is 285 g/mol. The van der Waals surface area contributed by atoms with Gasteiger partial charge in [0.15, 0.2) is 0 Å². The van der Waals surface area contributed by atoms with Crippen molar-refractivity contribution in [3.63, 3.8) is 0 Å². The van der Waals surface area contributed by atoms with Crippen LogP contribution in [0.25, 0.3) is 0 Å². The lowest BCUT2D eigenvalue weighted by Crippen LogP contribution is -2.22. The Balaban J connectivity index is 2.04. The van der Waals surface area contributed by atoms with Crippen LogP contribution in [0, 0.1) is 5.92 Å². The molecule has 1 aromatic carbocycles. The number of aliphatic hydroxyl groups is 1. The van der Waals surface area contributed by atoms with Crippen LogP contribution in [0.2, 0.25) is 0 Å². The summed E-state index contributed by atoms with van der Waals surface area (Å²) in [6, 6.07) is 4.55. The normalized spacial score (nSPS) is 23.5. The maximum Gasteiger partial charge on any atom is 0.240 e. The van der Waals surface area contributed by atoms with Crippen LogP contribution >= 0.6 is 0 Å². The van der Waals surface area contributed by atoms with Gasteiger partial charge in [0.1, 0.15) is 4.90 Å². The smallest absolute Gasteiger partial charge is 0.240 e. The molecule has 6 N–H and O–H groups in total. The Labute approximate surface area is 112 Å². The number of benzene rings is 1. The lowest BCUT2D eigenvalue weighted by Gasteiger charge is -2.16. The van der Waals surface area contributed by atoms with Crippen molar-refractivity contribution in [2.45, 2.75) is 30.3 Å². The number of nitrogens with one attached hydrogen (secondary N) is 1. The van der Waals surface area contributed by atoms with Crippen LogP contribution in [0.5, 0.6) is 0 Å². The first-order valence-electron chi connectivity index (χ1n) is 6.22.